The first-order valence-corrected chi connectivity index (χ1v) is 10.7. The minimum atomic E-state index is -4.44. The van der Waals surface area contributed by atoms with E-state index in [1.165, 1.54) is 11.6 Å². The summed E-state index contributed by atoms with van der Waals surface area (Å²) in [5.74, 6) is 1.12. The number of aromatic nitrogens is 2. The van der Waals surface area contributed by atoms with Gasteiger partial charge in [0.2, 0.25) is 5.88 Å². The number of hydrogen-bond acceptors (Lipinski definition) is 5. The SMILES string of the molecule is Cc1noc(C)c1NC(=O)N1CCC(=Cc2cccc(Oc3ccc(C(F)(F)F)cn3)c2)CC1. The van der Waals surface area contributed by atoms with E-state index < -0.39 is 11.7 Å². The molecule has 0 unspecified atom stereocenters. The minimum absolute atomic E-state index is 0.0791. The van der Waals surface area contributed by atoms with Gasteiger partial charge in [0.05, 0.1) is 5.56 Å². The van der Waals surface area contributed by atoms with Gasteiger partial charge in [-0.05, 0) is 50.5 Å². The van der Waals surface area contributed by atoms with Crippen molar-refractivity contribution in [2.24, 2.45) is 0 Å². The standard InChI is InChI=1S/C24H23F3N4O3/c1-15-22(16(2)34-30-15)29-23(32)31-10-8-17(9-11-31)12-18-4-3-5-20(13-18)33-21-7-6-19(14-28-21)24(25,26)27/h3-7,12-14H,8-11H2,1-2H3,(H,29,32). The third kappa shape index (κ3) is 5.56. The van der Waals surface area contributed by atoms with Crippen LogP contribution in [0.25, 0.3) is 6.08 Å². The zero-order valence-corrected chi connectivity index (χ0v) is 18.6. The molecule has 4 rings (SSSR count). The molecule has 0 aliphatic carbocycles. The van der Waals surface area contributed by atoms with Crippen LogP contribution < -0.4 is 10.1 Å². The first-order valence-electron chi connectivity index (χ1n) is 10.7. The summed E-state index contributed by atoms with van der Waals surface area (Å²) in [6.07, 6.45) is -0.212. The fourth-order valence-electron chi connectivity index (χ4n) is 3.62. The van der Waals surface area contributed by atoms with Gasteiger partial charge in [0.15, 0.2) is 5.76 Å². The molecule has 1 aliphatic rings. The van der Waals surface area contributed by atoms with Crippen LogP contribution >= 0.6 is 0 Å². The number of anilines is 1. The molecule has 1 saturated heterocycles. The van der Waals surface area contributed by atoms with Crippen molar-refractivity contribution < 1.29 is 27.2 Å². The Labute approximate surface area is 194 Å². The van der Waals surface area contributed by atoms with Crippen LogP contribution in [0.2, 0.25) is 0 Å². The second-order valence-corrected chi connectivity index (χ2v) is 7.98. The zero-order chi connectivity index (χ0) is 24.3. The fourth-order valence-corrected chi connectivity index (χ4v) is 3.62. The summed E-state index contributed by atoms with van der Waals surface area (Å²) >= 11 is 0. The zero-order valence-electron chi connectivity index (χ0n) is 18.6. The molecule has 178 valence electrons. The number of pyridine rings is 1. The number of halogens is 3. The highest BCUT2D eigenvalue weighted by Crippen LogP contribution is 2.30. The van der Waals surface area contributed by atoms with Crippen molar-refractivity contribution in [2.45, 2.75) is 32.9 Å². The van der Waals surface area contributed by atoms with Gasteiger partial charge in [-0.3, -0.25) is 0 Å². The Balaban J connectivity index is 1.35. The molecule has 0 radical (unpaired) electrons. The van der Waals surface area contributed by atoms with Gasteiger partial charge in [0.1, 0.15) is 17.1 Å². The average molecular weight is 472 g/mol. The number of urea groups is 1. The lowest BCUT2D eigenvalue weighted by molar-refractivity contribution is -0.137. The molecule has 2 aromatic heterocycles. The molecular formula is C24H23F3N4O3. The number of nitrogens with zero attached hydrogens (tertiary/aromatic N) is 3. The van der Waals surface area contributed by atoms with E-state index in [2.05, 4.69) is 15.5 Å². The molecule has 1 aliphatic heterocycles. The maximum atomic E-state index is 12.7. The van der Waals surface area contributed by atoms with Crippen LogP contribution in [0.3, 0.4) is 0 Å². The Morgan fingerprint density at radius 1 is 1.18 bits per heavy atom. The second kappa shape index (κ2) is 9.58. The number of hydrogen-bond donors (Lipinski definition) is 1. The lowest BCUT2D eigenvalue weighted by atomic mass is 10.0. The van der Waals surface area contributed by atoms with Crippen molar-refractivity contribution in [1.82, 2.24) is 15.0 Å². The van der Waals surface area contributed by atoms with E-state index in [0.29, 0.717) is 36.0 Å². The molecule has 1 N–H and O–H groups in total. The van der Waals surface area contributed by atoms with E-state index >= 15 is 0 Å². The van der Waals surface area contributed by atoms with Gasteiger partial charge in [-0.1, -0.05) is 28.9 Å². The molecule has 0 atom stereocenters. The monoisotopic (exact) mass is 472 g/mol. The van der Waals surface area contributed by atoms with Crippen molar-refractivity contribution in [2.75, 3.05) is 18.4 Å². The van der Waals surface area contributed by atoms with Crippen LogP contribution in [0, 0.1) is 13.8 Å². The van der Waals surface area contributed by atoms with Crippen LogP contribution in [0.5, 0.6) is 11.6 Å². The van der Waals surface area contributed by atoms with Gasteiger partial charge in [0.25, 0.3) is 0 Å². The summed E-state index contributed by atoms with van der Waals surface area (Å²) in [6, 6.07) is 9.16. The number of aryl methyl sites for hydroxylation is 2. The molecule has 34 heavy (non-hydrogen) atoms. The van der Waals surface area contributed by atoms with Gasteiger partial charge < -0.3 is 19.5 Å². The molecule has 3 heterocycles. The van der Waals surface area contributed by atoms with Crippen molar-refractivity contribution in [1.29, 1.82) is 0 Å². The molecule has 7 nitrogen and oxygen atoms in total. The molecule has 1 aromatic carbocycles. The summed E-state index contributed by atoms with van der Waals surface area (Å²) in [6.45, 7) is 4.67. The van der Waals surface area contributed by atoms with E-state index in [0.717, 1.165) is 30.7 Å². The van der Waals surface area contributed by atoms with Crippen LogP contribution in [0.4, 0.5) is 23.7 Å². The van der Waals surface area contributed by atoms with Crippen molar-refractivity contribution in [3.63, 3.8) is 0 Å². The number of nitrogens with one attached hydrogen (secondary N) is 1. The summed E-state index contributed by atoms with van der Waals surface area (Å²) in [7, 11) is 0. The lowest BCUT2D eigenvalue weighted by Crippen LogP contribution is -2.39. The molecule has 0 spiro atoms. The number of rotatable bonds is 4. The van der Waals surface area contributed by atoms with Crippen molar-refractivity contribution in [3.8, 4) is 11.6 Å². The number of ether oxygens (including phenoxy) is 1. The molecule has 2 amide bonds. The average Bonchev–Trinajstić information content (AvgIpc) is 3.11. The molecule has 0 saturated carbocycles. The number of carbonyl (C=O) groups excluding carboxylic acids is 1. The number of likely N-dealkylation sites (tertiary alicyclic amines) is 1. The third-order valence-electron chi connectivity index (χ3n) is 5.47. The molecule has 3 aromatic rings. The van der Waals surface area contributed by atoms with Gasteiger partial charge >= 0.3 is 12.2 Å². The topological polar surface area (TPSA) is 80.5 Å². The van der Waals surface area contributed by atoms with Gasteiger partial charge in [0, 0.05) is 25.4 Å². The molecule has 0 bridgehead atoms. The minimum Gasteiger partial charge on any atom is -0.439 e. The fraction of sp³-hybridized carbons (Fsp3) is 0.292. The summed E-state index contributed by atoms with van der Waals surface area (Å²) < 4.78 is 48.8. The largest absolute Gasteiger partial charge is 0.439 e. The van der Waals surface area contributed by atoms with Crippen LogP contribution in [-0.4, -0.2) is 34.2 Å². The Morgan fingerprint density at radius 2 is 1.94 bits per heavy atom. The normalized spacial score (nSPS) is 14.1. The lowest BCUT2D eigenvalue weighted by Gasteiger charge is -2.28. The summed E-state index contributed by atoms with van der Waals surface area (Å²) in [4.78, 5) is 18.1. The Hall–Kier alpha value is -3.82. The van der Waals surface area contributed by atoms with Crippen LogP contribution in [-0.2, 0) is 6.18 Å². The maximum absolute atomic E-state index is 12.7. The predicted octanol–water partition coefficient (Wildman–Crippen LogP) is 6.21. The quantitative estimate of drug-likeness (QED) is 0.488. The number of carbonyl (C=O) groups is 1. The van der Waals surface area contributed by atoms with Crippen molar-refractivity contribution in [3.05, 3.63) is 70.7 Å². The van der Waals surface area contributed by atoms with Gasteiger partial charge in [-0.15, -0.1) is 0 Å². The van der Waals surface area contributed by atoms with Crippen molar-refractivity contribution >= 4 is 17.8 Å². The number of amides is 2. The van der Waals surface area contributed by atoms with E-state index in [9.17, 15) is 18.0 Å². The highest BCUT2D eigenvalue weighted by atomic mass is 19.4. The number of piperidine rings is 1. The maximum Gasteiger partial charge on any atom is 0.417 e. The smallest absolute Gasteiger partial charge is 0.417 e. The first kappa shape index (κ1) is 23.3. The van der Waals surface area contributed by atoms with Gasteiger partial charge in [-0.25, -0.2) is 9.78 Å². The Morgan fingerprint density at radius 3 is 2.56 bits per heavy atom. The third-order valence-corrected chi connectivity index (χ3v) is 5.47. The summed E-state index contributed by atoms with van der Waals surface area (Å²) in [5.41, 5.74) is 2.49. The summed E-state index contributed by atoms with van der Waals surface area (Å²) in [5, 5.41) is 6.70. The first-order chi connectivity index (χ1) is 16.2. The number of benzene rings is 1. The molecule has 1 fully saturated rings. The van der Waals surface area contributed by atoms with E-state index in [-0.39, 0.29) is 11.9 Å². The molecular weight excluding hydrogens is 449 g/mol. The van der Waals surface area contributed by atoms with Crippen LogP contribution in [0.15, 0.2) is 52.7 Å². The Bertz CT molecular complexity index is 1170. The highest BCUT2D eigenvalue weighted by Gasteiger charge is 2.30. The predicted molar refractivity (Wildman–Crippen MR) is 120 cm³/mol. The van der Waals surface area contributed by atoms with Gasteiger partial charge in [-0.2, -0.15) is 13.2 Å². The van der Waals surface area contributed by atoms with E-state index in [1.807, 2.05) is 12.1 Å². The van der Waals surface area contributed by atoms with E-state index in [1.54, 1.807) is 36.9 Å². The molecule has 10 heteroatoms. The van der Waals surface area contributed by atoms with E-state index in [4.69, 9.17) is 9.26 Å². The Kier molecular flexibility index (Phi) is 6.58. The number of alkyl halides is 3. The second-order valence-electron chi connectivity index (χ2n) is 7.98. The highest BCUT2D eigenvalue weighted by molar-refractivity contribution is 5.90. The van der Waals surface area contributed by atoms with Crippen LogP contribution in [0.1, 0.15) is 35.4 Å².